The third kappa shape index (κ3) is 7.58. The highest BCUT2D eigenvalue weighted by atomic mass is 19.3. The lowest BCUT2D eigenvalue weighted by Gasteiger charge is -2.26. The van der Waals surface area contributed by atoms with E-state index in [0.717, 1.165) is 0 Å². The predicted octanol–water partition coefficient (Wildman–Crippen LogP) is 3.29. The van der Waals surface area contributed by atoms with E-state index in [4.69, 9.17) is 4.74 Å². The zero-order chi connectivity index (χ0) is 20.3. The molecule has 1 aromatic rings. The van der Waals surface area contributed by atoms with Crippen LogP contribution in [0.15, 0.2) is 23.2 Å². The Balaban J connectivity index is 2.99. The fourth-order valence-corrected chi connectivity index (χ4v) is 2.43. The van der Waals surface area contributed by atoms with Gasteiger partial charge < -0.3 is 25.2 Å². The Morgan fingerprint density at radius 3 is 2.44 bits per heavy atom. The fourth-order valence-electron chi connectivity index (χ4n) is 2.43. The average Bonchev–Trinajstić information content (AvgIpc) is 2.65. The molecular formula is C19H31F2N3O3. The molecule has 0 amide bonds. The molecule has 0 spiro atoms. The Morgan fingerprint density at radius 1 is 1.19 bits per heavy atom. The van der Waals surface area contributed by atoms with Crippen LogP contribution in [0.3, 0.4) is 0 Å². The van der Waals surface area contributed by atoms with Gasteiger partial charge in [-0.25, -0.2) is 4.99 Å². The van der Waals surface area contributed by atoms with E-state index in [1.807, 2.05) is 20.8 Å². The molecule has 0 saturated carbocycles. The first-order valence-corrected chi connectivity index (χ1v) is 9.33. The smallest absolute Gasteiger partial charge is 0.387 e. The van der Waals surface area contributed by atoms with E-state index in [-0.39, 0.29) is 18.0 Å². The van der Waals surface area contributed by atoms with E-state index in [2.05, 4.69) is 20.4 Å². The number of benzene rings is 1. The zero-order valence-corrected chi connectivity index (χ0v) is 16.5. The number of aliphatic imine (C=N–C) groups is 1. The van der Waals surface area contributed by atoms with E-state index < -0.39 is 12.2 Å². The van der Waals surface area contributed by atoms with Gasteiger partial charge in [-0.1, -0.05) is 26.0 Å². The molecule has 3 N–H and O–H groups in total. The number of nitrogens with zero attached hydrogens (tertiary/aromatic N) is 1. The summed E-state index contributed by atoms with van der Waals surface area (Å²) in [6, 6.07) is 4.96. The Kier molecular flexibility index (Phi) is 9.85. The maximum atomic E-state index is 12.8. The van der Waals surface area contributed by atoms with Crippen LogP contribution in [0.5, 0.6) is 11.5 Å². The van der Waals surface area contributed by atoms with E-state index in [9.17, 15) is 13.9 Å². The van der Waals surface area contributed by atoms with Crippen molar-refractivity contribution in [2.45, 2.75) is 59.3 Å². The molecule has 0 aliphatic rings. The number of guanidine groups is 1. The van der Waals surface area contributed by atoms with Crippen molar-refractivity contribution in [2.75, 3.05) is 19.7 Å². The topological polar surface area (TPSA) is 75.1 Å². The molecule has 0 heterocycles. The summed E-state index contributed by atoms with van der Waals surface area (Å²) in [6.45, 7) is 6.00. The first kappa shape index (κ1) is 23.0. The number of hydrogen-bond acceptors (Lipinski definition) is 4. The van der Waals surface area contributed by atoms with Gasteiger partial charge in [0, 0.05) is 18.7 Å². The van der Waals surface area contributed by atoms with Crippen molar-refractivity contribution in [2.24, 2.45) is 4.99 Å². The Labute approximate surface area is 160 Å². The van der Waals surface area contributed by atoms with E-state index in [1.54, 1.807) is 25.1 Å². The maximum absolute atomic E-state index is 12.8. The number of aliphatic hydroxyl groups is 1. The molecule has 8 heteroatoms. The van der Waals surface area contributed by atoms with Crippen molar-refractivity contribution in [3.8, 4) is 11.5 Å². The molecule has 0 radical (unpaired) electrons. The van der Waals surface area contributed by atoms with Crippen LogP contribution >= 0.6 is 0 Å². The fraction of sp³-hybridized carbons (Fsp3) is 0.632. The molecule has 27 heavy (non-hydrogen) atoms. The third-order valence-electron chi connectivity index (χ3n) is 4.22. The number of halogens is 2. The summed E-state index contributed by atoms with van der Waals surface area (Å²) in [6.07, 6.45) is 1.22. The van der Waals surface area contributed by atoms with Gasteiger partial charge in [0.1, 0.15) is 0 Å². The molecular weight excluding hydrogens is 356 g/mol. The van der Waals surface area contributed by atoms with Gasteiger partial charge in [0.05, 0.1) is 18.8 Å². The van der Waals surface area contributed by atoms with Gasteiger partial charge in [-0.3, -0.25) is 0 Å². The summed E-state index contributed by atoms with van der Waals surface area (Å²) in [7, 11) is 0. The van der Waals surface area contributed by atoms with Gasteiger partial charge in [0.15, 0.2) is 17.5 Å². The van der Waals surface area contributed by atoms with Crippen molar-refractivity contribution < 1.29 is 23.4 Å². The first-order valence-electron chi connectivity index (χ1n) is 9.33. The largest absolute Gasteiger partial charge is 0.490 e. The summed E-state index contributed by atoms with van der Waals surface area (Å²) < 4.78 is 35.7. The molecule has 0 aliphatic heterocycles. The Bertz CT molecular complexity index is 594. The molecule has 154 valence electrons. The number of nitrogens with one attached hydrogen (secondary N) is 2. The Hall–Kier alpha value is -2.09. The first-order chi connectivity index (χ1) is 12.9. The van der Waals surface area contributed by atoms with Gasteiger partial charge >= 0.3 is 6.61 Å². The van der Waals surface area contributed by atoms with Gasteiger partial charge in [-0.2, -0.15) is 8.78 Å². The van der Waals surface area contributed by atoms with Crippen LogP contribution in [0.4, 0.5) is 8.78 Å². The summed E-state index contributed by atoms with van der Waals surface area (Å²) in [5.74, 6) is 0.741. The summed E-state index contributed by atoms with van der Waals surface area (Å²) >= 11 is 0. The van der Waals surface area contributed by atoms with Crippen LogP contribution in [-0.4, -0.2) is 43.0 Å². The number of hydrogen-bond donors (Lipinski definition) is 3. The minimum absolute atomic E-state index is 0.00688. The number of para-hydroxylation sites is 1. The van der Waals surface area contributed by atoms with Crippen molar-refractivity contribution in [3.05, 3.63) is 23.8 Å². The van der Waals surface area contributed by atoms with E-state index in [1.165, 1.54) is 0 Å². The Morgan fingerprint density at radius 2 is 1.89 bits per heavy atom. The van der Waals surface area contributed by atoms with Gasteiger partial charge in [-0.15, -0.1) is 0 Å². The lowest BCUT2D eigenvalue weighted by Crippen LogP contribution is -2.46. The monoisotopic (exact) mass is 387 g/mol. The second-order valence-electron chi connectivity index (χ2n) is 6.04. The molecule has 6 nitrogen and oxygen atoms in total. The number of alkyl halides is 2. The summed E-state index contributed by atoms with van der Waals surface area (Å²) in [5.41, 5.74) is -0.339. The van der Waals surface area contributed by atoms with Crippen LogP contribution in [0.1, 0.15) is 46.1 Å². The molecule has 0 aliphatic carbocycles. The predicted molar refractivity (Wildman–Crippen MR) is 103 cm³/mol. The quantitative estimate of drug-likeness (QED) is 0.401. The lowest BCUT2D eigenvalue weighted by molar-refractivity contribution is -0.0520. The molecule has 1 aromatic carbocycles. The summed E-state index contributed by atoms with van der Waals surface area (Å²) in [5, 5.41) is 16.6. The van der Waals surface area contributed by atoms with E-state index >= 15 is 0 Å². The molecule has 0 aromatic heterocycles. The van der Waals surface area contributed by atoms with Crippen LogP contribution in [0, 0.1) is 0 Å². The molecule has 0 saturated heterocycles. The highest BCUT2D eigenvalue weighted by Crippen LogP contribution is 2.33. The number of rotatable bonds is 11. The maximum Gasteiger partial charge on any atom is 0.387 e. The average molecular weight is 387 g/mol. The molecule has 0 fully saturated rings. The van der Waals surface area contributed by atoms with Crippen LogP contribution < -0.4 is 20.1 Å². The van der Waals surface area contributed by atoms with E-state index in [0.29, 0.717) is 44.1 Å². The standard InChI is InChI=1S/C19H31F2N3O3/c1-5-19(25,6-2)13-24-18(22-7-3)23-12-14-10-9-11-15(26-8-4)16(14)27-17(20)21/h9-11,17,25H,5-8,12-13H2,1-4H3,(H2,22,23,24). The van der Waals surface area contributed by atoms with Gasteiger partial charge in [0.25, 0.3) is 0 Å². The minimum atomic E-state index is -2.95. The second-order valence-corrected chi connectivity index (χ2v) is 6.04. The zero-order valence-electron chi connectivity index (χ0n) is 16.5. The second kappa shape index (κ2) is 11.6. The lowest BCUT2D eigenvalue weighted by atomic mass is 9.98. The van der Waals surface area contributed by atoms with Crippen molar-refractivity contribution in [1.82, 2.24) is 10.6 Å². The van der Waals surface area contributed by atoms with Crippen LogP contribution in [0.25, 0.3) is 0 Å². The van der Waals surface area contributed by atoms with Crippen molar-refractivity contribution in [1.29, 1.82) is 0 Å². The summed E-state index contributed by atoms with van der Waals surface area (Å²) in [4.78, 5) is 4.43. The molecule has 0 bridgehead atoms. The normalized spacial score (nSPS) is 12.2. The van der Waals surface area contributed by atoms with Crippen molar-refractivity contribution in [3.63, 3.8) is 0 Å². The molecule has 0 unspecified atom stereocenters. The molecule has 1 rings (SSSR count). The third-order valence-corrected chi connectivity index (χ3v) is 4.22. The van der Waals surface area contributed by atoms with Crippen LogP contribution in [-0.2, 0) is 6.54 Å². The molecule has 0 atom stereocenters. The van der Waals surface area contributed by atoms with Gasteiger partial charge in [-0.05, 0) is 32.8 Å². The van der Waals surface area contributed by atoms with Gasteiger partial charge in [0.2, 0.25) is 0 Å². The highest BCUT2D eigenvalue weighted by Gasteiger charge is 2.22. The van der Waals surface area contributed by atoms with Crippen LogP contribution in [0.2, 0.25) is 0 Å². The number of ether oxygens (including phenoxy) is 2. The van der Waals surface area contributed by atoms with Crippen molar-refractivity contribution >= 4 is 5.96 Å². The SMILES string of the molecule is CCNC(=NCc1cccc(OCC)c1OC(F)F)NCC(O)(CC)CC. The highest BCUT2D eigenvalue weighted by molar-refractivity contribution is 5.79. The minimum Gasteiger partial charge on any atom is -0.490 e.